The van der Waals surface area contributed by atoms with Gasteiger partial charge < -0.3 is 15.7 Å². The third kappa shape index (κ3) is 3.36. The van der Waals surface area contributed by atoms with Gasteiger partial charge in [-0.25, -0.2) is 0 Å². The Balaban J connectivity index is 1.88. The quantitative estimate of drug-likeness (QED) is 0.728. The molecule has 0 heterocycles. The lowest BCUT2D eigenvalue weighted by Gasteiger charge is -2.36. The second kappa shape index (κ2) is 5.63. The summed E-state index contributed by atoms with van der Waals surface area (Å²) in [5.74, 6) is -1.43. The van der Waals surface area contributed by atoms with Gasteiger partial charge in [-0.1, -0.05) is 17.7 Å². The standard InChI is InChI=1S/C15H20N2O3/c1-10-4-5-12(11(2)8-10)17-14(19)13(18)16-9-15(20)6-3-7-15/h4-5,8,20H,3,6-7,9H2,1-2H3,(H,16,18)(H,17,19). The molecule has 1 fully saturated rings. The molecule has 3 N–H and O–H groups in total. The first kappa shape index (κ1) is 14.5. The van der Waals surface area contributed by atoms with E-state index in [1.54, 1.807) is 6.07 Å². The van der Waals surface area contributed by atoms with Gasteiger partial charge in [-0.15, -0.1) is 0 Å². The molecule has 2 rings (SSSR count). The molecule has 1 saturated carbocycles. The molecular formula is C15H20N2O3. The van der Waals surface area contributed by atoms with Crippen LogP contribution in [-0.4, -0.2) is 29.1 Å². The van der Waals surface area contributed by atoms with E-state index in [0.717, 1.165) is 17.5 Å². The van der Waals surface area contributed by atoms with Crippen LogP contribution in [0.2, 0.25) is 0 Å². The molecule has 0 bridgehead atoms. The van der Waals surface area contributed by atoms with E-state index in [0.29, 0.717) is 18.5 Å². The number of aryl methyl sites for hydroxylation is 2. The van der Waals surface area contributed by atoms with Crippen molar-refractivity contribution < 1.29 is 14.7 Å². The monoisotopic (exact) mass is 276 g/mol. The first-order chi connectivity index (χ1) is 9.39. The molecule has 0 atom stereocenters. The van der Waals surface area contributed by atoms with Gasteiger partial charge in [-0.05, 0) is 44.7 Å². The fourth-order valence-electron chi connectivity index (χ4n) is 2.22. The third-order valence-corrected chi connectivity index (χ3v) is 3.70. The number of hydrogen-bond acceptors (Lipinski definition) is 3. The average Bonchev–Trinajstić information content (AvgIpc) is 2.36. The third-order valence-electron chi connectivity index (χ3n) is 3.70. The zero-order chi connectivity index (χ0) is 14.8. The van der Waals surface area contributed by atoms with Gasteiger partial charge in [0.2, 0.25) is 0 Å². The minimum atomic E-state index is -0.824. The zero-order valence-electron chi connectivity index (χ0n) is 11.8. The molecule has 5 heteroatoms. The molecule has 1 aliphatic carbocycles. The molecule has 2 amide bonds. The fraction of sp³-hybridized carbons (Fsp3) is 0.467. The summed E-state index contributed by atoms with van der Waals surface area (Å²) >= 11 is 0. The molecule has 0 spiro atoms. The van der Waals surface area contributed by atoms with Gasteiger partial charge in [0, 0.05) is 12.2 Å². The lowest BCUT2D eigenvalue weighted by molar-refractivity contribution is -0.137. The highest BCUT2D eigenvalue weighted by molar-refractivity contribution is 6.39. The Kier molecular flexibility index (Phi) is 4.09. The van der Waals surface area contributed by atoms with Crippen LogP contribution < -0.4 is 10.6 Å². The number of aliphatic hydroxyl groups is 1. The highest BCUT2D eigenvalue weighted by Crippen LogP contribution is 2.30. The van der Waals surface area contributed by atoms with E-state index in [2.05, 4.69) is 10.6 Å². The van der Waals surface area contributed by atoms with Gasteiger partial charge in [-0.3, -0.25) is 9.59 Å². The van der Waals surface area contributed by atoms with Gasteiger partial charge in [0.25, 0.3) is 0 Å². The smallest absolute Gasteiger partial charge is 0.313 e. The van der Waals surface area contributed by atoms with Crippen molar-refractivity contribution in [3.05, 3.63) is 29.3 Å². The molecule has 0 unspecified atom stereocenters. The maximum absolute atomic E-state index is 11.8. The molecule has 108 valence electrons. The number of hydrogen-bond donors (Lipinski definition) is 3. The van der Waals surface area contributed by atoms with E-state index in [9.17, 15) is 14.7 Å². The SMILES string of the molecule is Cc1ccc(NC(=O)C(=O)NCC2(O)CCC2)c(C)c1. The molecule has 0 saturated heterocycles. The summed E-state index contributed by atoms with van der Waals surface area (Å²) in [7, 11) is 0. The highest BCUT2D eigenvalue weighted by Gasteiger charge is 2.35. The molecule has 0 radical (unpaired) electrons. The molecule has 1 aromatic carbocycles. The van der Waals surface area contributed by atoms with Gasteiger partial charge in [0.15, 0.2) is 0 Å². The van der Waals surface area contributed by atoms with Gasteiger partial charge in [-0.2, -0.15) is 0 Å². The van der Waals surface area contributed by atoms with E-state index in [1.807, 2.05) is 26.0 Å². The number of carbonyl (C=O) groups excluding carboxylic acids is 2. The normalized spacial score (nSPS) is 16.1. The van der Waals surface area contributed by atoms with Crippen molar-refractivity contribution in [1.82, 2.24) is 5.32 Å². The molecule has 1 aromatic rings. The second-order valence-electron chi connectivity index (χ2n) is 5.53. The van der Waals surface area contributed by atoms with Crippen molar-refractivity contribution in [3.8, 4) is 0 Å². The van der Waals surface area contributed by atoms with Crippen LogP contribution in [0.4, 0.5) is 5.69 Å². The average molecular weight is 276 g/mol. The Morgan fingerprint density at radius 3 is 2.50 bits per heavy atom. The maximum Gasteiger partial charge on any atom is 0.313 e. The summed E-state index contributed by atoms with van der Waals surface area (Å²) in [6, 6.07) is 5.58. The minimum absolute atomic E-state index is 0.131. The van der Waals surface area contributed by atoms with Crippen LogP contribution in [0.3, 0.4) is 0 Å². The van der Waals surface area contributed by atoms with Crippen molar-refractivity contribution in [3.63, 3.8) is 0 Å². The molecular weight excluding hydrogens is 256 g/mol. The van der Waals surface area contributed by atoms with Crippen LogP contribution in [0.5, 0.6) is 0 Å². The number of nitrogens with one attached hydrogen (secondary N) is 2. The summed E-state index contributed by atoms with van der Waals surface area (Å²) in [6.07, 6.45) is 2.30. The Morgan fingerprint density at radius 2 is 1.95 bits per heavy atom. The van der Waals surface area contributed by atoms with Gasteiger partial charge in [0.1, 0.15) is 0 Å². The Hall–Kier alpha value is -1.88. The van der Waals surface area contributed by atoms with Crippen molar-refractivity contribution in [1.29, 1.82) is 0 Å². The Bertz CT molecular complexity index is 536. The predicted octanol–water partition coefficient (Wildman–Crippen LogP) is 1.27. The molecule has 5 nitrogen and oxygen atoms in total. The predicted molar refractivity (Wildman–Crippen MR) is 76.4 cm³/mol. The maximum atomic E-state index is 11.8. The van der Waals surface area contributed by atoms with Crippen LogP contribution in [-0.2, 0) is 9.59 Å². The number of amides is 2. The topological polar surface area (TPSA) is 78.4 Å². The summed E-state index contributed by atoms with van der Waals surface area (Å²) in [5.41, 5.74) is 1.80. The Labute approximate surface area is 118 Å². The lowest BCUT2D eigenvalue weighted by Crippen LogP contribution is -2.49. The first-order valence-electron chi connectivity index (χ1n) is 6.78. The van der Waals surface area contributed by atoms with Crippen LogP contribution >= 0.6 is 0 Å². The number of rotatable bonds is 3. The Morgan fingerprint density at radius 1 is 1.25 bits per heavy atom. The number of anilines is 1. The van der Waals surface area contributed by atoms with Crippen LogP contribution in [0, 0.1) is 13.8 Å². The van der Waals surface area contributed by atoms with Crippen molar-refractivity contribution in [2.45, 2.75) is 38.7 Å². The summed E-state index contributed by atoms with van der Waals surface area (Å²) in [6.45, 7) is 3.97. The van der Waals surface area contributed by atoms with E-state index in [4.69, 9.17) is 0 Å². The minimum Gasteiger partial charge on any atom is -0.388 e. The first-order valence-corrected chi connectivity index (χ1v) is 6.78. The summed E-state index contributed by atoms with van der Waals surface area (Å²) < 4.78 is 0. The van der Waals surface area contributed by atoms with Crippen LogP contribution in [0.25, 0.3) is 0 Å². The number of benzene rings is 1. The largest absolute Gasteiger partial charge is 0.388 e. The van der Waals surface area contributed by atoms with E-state index in [1.165, 1.54) is 0 Å². The molecule has 0 aliphatic heterocycles. The summed E-state index contributed by atoms with van der Waals surface area (Å²) in [4.78, 5) is 23.4. The van der Waals surface area contributed by atoms with Crippen molar-refractivity contribution in [2.24, 2.45) is 0 Å². The van der Waals surface area contributed by atoms with Crippen LogP contribution in [0.1, 0.15) is 30.4 Å². The van der Waals surface area contributed by atoms with Gasteiger partial charge >= 0.3 is 11.8 Å². The summed E-state index contributed by atoms with van der Waals surface area (Å²) in [5, 5.41) is 14.9. The number of carbonyl (C=O) groups is 2. The molecule has 1 aliphatic rings. The second-order valence-corrected chi connectivity index (χ2v) is 5.53. The van der Waals surface area contributed by atoms with Crippen molar-refractivity contribution >= 4 is 17.5 Å². The molecule has 20 heavy (non-hydrogen) atoms. The fourth-order valence-corrected chi connectivity index (χ4v) is 2.22. The highest BCUT2D eigenvalue weighted by atomic mass is 16.3. The van der Waals surface area contributed by atoms with E-state index in [-0.39, 0.29) is 6.54 Å². The zero-order valence-corrected chi connectivity index (χ0v) is 11.8. The van der Waals surface area contributed by atoms with Gasteiger partial charge in [0.05, 0.1) is 5.60 Å². The van der Waals surface area contributed by atoms with E-state index < -0.39 is 17.4 Å². The van der Waals surface area contributed by atoms with E-state index >= 15 is 0 Å². The molecule has 0 aromatic heterocycles. The van der Waals surface area contributed by atoms with Crippen molar-refractivity contribution in [2.75, 3.05) is 11.9 Å². The lowest BCUT2D eigenvalue weighted by atomic mass is 9.80. The van der Waals surface area contributed by atoms with Crippen LogP contribution in [0.15, 0.2) is 18.2 Å².